The first-order valence-corrected chi connectivity index (χ1v) is 4.56. The van der Waals surface area contributed by atoms with Crippen molar-refractivity contribution in [3.8, 4) is 0 Å². The van der Waals surface area contributed by atoms with E-state index in [1.54, 1.807) is 0 Å². The van der Waals surface area contributed by atoms with Crippen molar-refractivity contribution < 1.29 is 19.8 Å². The Morgan fingerprint density at radius 2 is 1.00 bits per heavy atom. The maximum atomic E-state index is 10.1. The molecule has 5 heteroatoms. The van der Waals surface area contributed by atoms with Gasteiger partial charge in [0.1, 0.15) is 0 Å². The first kappa shape index (κ1) is 16.3. The van der Waals surface area contributed by atoms with Crippen molar-refractivity contribution in [2.45, 2.75) is 44.9 Å². The SMILES string of the molecule is O=C(O)CCCCCCCC(=O)O.[BiH3]. The number of unbranched alkanes of at least 4 members (excludes halogenated alkanes) is 4. The van der Waals surface area contributed by atoms with Crippen molar-refractivity contribution in [2.24, 2.45) is 0 Å². The van der Waals surface area contributed by atoms with Crippen molar-refractivity contribution >= 4 is 38.1 Å². The van der Waals surface area contributed by atoms with Gasteiger partial charge in [-0.15, -0.1) is 0 Å². The fourth-order valence-corrected chi connectivity index (χ4v) is 1.08. The van der Waals surface area contributed by atoms with E-state index in [9.17, 15) is 9.59 Å². The third-order valence-electron chi connectivity index (χ3n) is 1.78. The Kier molecular flexibility index (Phi) is 12.7. The van der Waals surface area contributed by atoms with Crippen LogP contribution in [0.15, 0.2) is 0 Å². The van der Waals surface area contributed by atoms with Gasteiger partial charge in [0.05, 0.1) is 0 Å². The summed E-state index contributed by atoms with van der Waals surface area (Å²) in [5.41, 5.74) is 0. The number of carboxylic acid groups (broad SMARTS) is 2. The van der Waals surface area contributed by atoms with Crippen molar-refractivity contribution in [2.75, 3.05) is 0 Å². The number of carbonyl (C=O) groups is 2. The standard InChI is InChI=1S/C9H16O4.Bi.3H/c10-8(11)6-4-2-1-3-5-7-9(12)13;;;;/h1-7H2,(H,10,11)(H,12,13);;;;. The molecular formula is C9H19BiO4. The van der Waals surface area contributed by atoms with Crippen LogP contribution in [0.25, 0.3) is 0 Å². The first-order chi connectivity index (χ1) is 6.13. The Bertz CT molecular complexity index is 152. The molecule has 2 N–H and O–H groups in total. The van der Waals surface area contributed by atoms with Crippen LogP contribution >= 0.6 is 0 Å². The normalized spacial score (nSPS) is 9.14. The van der Waals surface area contributed by atoms with Gasteiger partial charge in [-0.1, -0.05) is 19.3 Å². The molecule has 0 atom stereocenters. The van der Waals surface area contributed by atoms with Crippen LogP contribution < -0.4 is 0 Å². The van der Waals surface area contributed by atoms with Gasteiger partial charge in [0.2, 0.25) is 0 Å². The van der Waals surface area contributed by atoms with E-state index < -0.39 is 11.9 Å². The number of rotatable bonds is 8. The third kappa shape index (κ3) is 14.4. The van der Waals surface area contributed by atoms with E-state index in [4.69, 9.17) is 10.2 Å². The minimum absolute atomic E-state index is 0. The fourth-order valence-electron chi connectivity index (χ4n) is 1.08. The molecule has 0 amide bonds. The molecule has 0 aliphatic heterocycles. The van der Waals surface area contributed by atoms with Gasteiger partial charge in [-0.05, 0) is 12.8 Å². The Morgan fingerprint density at radius 3 is 1.29 bits per heavy atom. The summed E-state index contributed by atoms with van der Waals surface area (Å²) >= 11 is 0. The zero-order valence-electron chi connectivity index (χ0n) is 8.37. The second kappa shape index (κ2) is 10.9. The molecule has 0 aromatic carbocycles. The van der Waals surface area contributed by atoms with Crippen LogP contribution in [0.5, 0.6) is 0 Å². The van der Waals surface area contributed by atoms with Crippen LogP contribution in [0.3, 0.4) is 0 Å². The van der Waals surface area contributed by atoms with Crippen molar-refractivity contribution in [3.63, 3.8) is 0 Å². The molecular weight excluding hydrogens is 381 g/mol. The van der Waals surface area contributed by atoms with Gasteiger partial charge >= 0.3 is 38.1 Å². The summed E-state index contributed by atoms with van der Waals surface area (Å²) in [6, 6.07) is 0. The van der Waals surface area contributed by atoms with Crippen LogP contribution in [0.1, 0.15) is 44.9 Å². The first-order valence-electron chi connectivity index (χ1n) is 4.56. The van der Waals surface area contributed by atoms with Gasteiger partial charge in [-0.3, -0.25) is 9.59 Å². The Balaban J connectivity index is 0. The van der Waals surface area contributed by atoms with E-state index in [0.29, 0.717) is 12.8 Å². The number of aliphatic carboxylic acids is 2. The summed E-state index contributed by atoms with van der Waals surface area (Å²) in [5.74, 6) is -1.52. The predicted molar refractivity (Wildman–Crippen MR) is 57.5 cm³/mol. The van der Waals surface area contributed by atoms with Gasteiger partial charge in [0.25, 0.3) is 0 Å². The Labute approximate surface area is 103 Å². The molecule has 0 saturated heterocycles. The summed E-state index contributed by atoms with van der Waals surface area (Å²) in [4.78, 5) is 20.2. The van der Waals surface area contributed by atoms with Crippen LogP contribution in [0.2, 0.25) is 0 Å². The monoisotopic (exact) mass is 400 g/mol. The third-order valence-corrected chi connectivity index (χ3v) is 1.78. The fraction of sp³-hybridized carbons (Fsp3) is 0.778. The molecule has 0 heterocycles. The Morgan fingerprint density at radius 1 is 0.714 bits per heavy atom. The van der Waals surface area contributed by atoms with E-state index in [1.807, 2.05) is 0 Å². The average Bonchev–Trinajstić information content (AvgIpc) is 2.01. The summed E-state index contributed by atoms with van der Waals surface area (Å²) in [6.07, 6.45) is 4.53. The van der Waals surface area contributed by atoms with Crippen LogP contribution in [0.4, 0.5) is 0 Å². The quantitative estimate of drug-likeness (QED) is 0.465. The molecule has 0 aromatic rings. The van der Waals surface area contributed by atoms with Gasteiger partial charge in [-0.25, -0.2) is 0 Å². The van der Waals surface area contributed by atoms with Crippen molar-refractivity contribution in [1.29, 1.82) is 0 Å². The van der Waals surface area contributed by atoms with Gasteiger partial charge in [0.15, 0.2) is 0 Å². The molecule has 14 heavy (non-hydrogen) atoms. The molecule has 0 spiro atoms. The molecule has 4 nitrogen and oxygen atoms in total. The molecule has 0 rings (SSSR count). The molecule has 0 radical (unpaired) electrons. The molecule has 0 aliphatic carbocycles. The van der Waals surface area contributed by atoms with Gasteiger partial charge in [0, 0.05) is 12.8 Å². The zero-order chi connectivity index (χ0) is 10.1. The van der Waals surface area contributed by atoms with Gasteiger partial charge in [-0.2, -0.15) is 0 Å². The molecule has 0 aliphatic rings. The van der Waals surface area contributed by atoms with Crippen molar-refractivity contribution in [1.82, 2.24) is 0 Å². The average molecular weight is 400 g/mol. The summed E-state index contributed by atoms with van der Waals surface area (Å²) in [7, 11) is 0. The van der Waals surface area contributed by atoms with Crippen LogP contribution in [-0.2, 0) is 9.59 Å². The molecule has 0 fully saturated rings. The number of hydrogen-bond acceptors (Lipinski definition) is 2. The van der Waals surface area contributed by atoms with E-state index >= 15 is 0 Å². The molecule has 0 aromatic heterocycles. The van der Waals surface area contributed by atoms with Crippen LogP contribution in [-0.4, -0.2) is 48.4 Å². The van der Waals surface area contributed by atoms with E-state index in [0.717, 1.165) is 19.3 Å². The number of carboxylic acids is 2. The zero-order valence-corrected chi connectivity index (χ0v) is 13.9. The number of hydrogen-bond donors (Lipinski definition) is 2. The maximum absolute atomic E-state index is 10.1. The summed E-state index contributed by atoms with van der Waals surface area (Å²) < 4.78 is 0. The topological polar surface area (TPSA) is 74.6 Å². The van der Waals surface area contributed by atoms with E-state index in [-0.39, 0.29) is 39.0 Å². The second-order valence-corrected chi connectivity index (χ2v) is 3.06. The van der Waals surface area contributed by atoms with Crippen LogP contribution in [0, 0.1) is 0 Å². The molecule has 0 unspecified atom stereocenters. The van der Waals surface area contributed by atoms with E-state index in [2.05, 4.69) is 0 Å². The Hall–Kier alpha value is -0.177. The van der Waals surface area contributed by atoms with Crippen molar-refractivity contribution in [3.05, 3.63) is 0 Å². The predicted octanol–water partition coefficient (Wildman–Crippen LogP) is 0.702. The van der Waals surface area contributed by atoms with E-state index in [1.165, 1.54) is 0 Å². The minimum atomic E-state index is -0.759. The van der Waals surface area contributed by atoms with Gasteiger partial charge < -0.3 is 10.2 Å². The molecule has 0 saturated carbocycles. The molecule has 0 bridgehead atoms. The summed E-state index contributed by atoms with van der Waals surface area (Å²) in [6.45, 7) is 0. The summed E-state index contributed by atoms with van der Waals surface area (Å²) in [5, 5.41) is 16.6. The molecule has 84 valence electrons. The second-order valence-electron chi connectivity index (χ2n) is 3.06.